The van der Waals surface area contributed by atoms with Gasteiger partial charge in [0.2, 0.25) is 11.1 Å². The lowest BCUT2D eigenvalue weighted by Crippen LogP contribution is -2.25. The number of methoxy groups -OCH3 is 3. The van der Waals surface area contributed by atoms with Gasteiger partial charge in [0, 0.05) is 18.2 Å². The molecule has 1 aromatic heterocycles. The van der Waals surface area contributed by atoms with E-state index in [-0.39, 0.29) is 18.2 Å². The molecule has 0 bridgehead atoms. The first-order valence-corrected chi connectivity index (χ1v) is 10.1. The minimum Gasteiger partial charge on any atom is -0.496 e. The van der Waals surface area contributed by atoms with E-state index >= 15 is 0 Å². The standard InChI is InChI=1S/C20H23N5O4S/c1-27-16-10-18(29-3)17(28-2)9-15(16)11-21-19(26)13-30-20-22-23-24-25(20)12-14-7-5-4-6-8-14/h4-10H,11-13H2,1-3H3,(H,21,26). The van der Waals surface area contributed by atoms with Crippen LogP contribution in [0.4, 0.5) is 0 Å². The molecule has 1 amide bonds. The molecular weight excluding hydrogens is 406 g/mol. The van der Waals surface area contributed by atoms with Gasteiger partial charge in [-0.05, 0) is 22.1 Å². The van der Waals surface area contributed by atoms with E-state index in [1.54, 1.807) is 38.1 Å². The van der Waals surface area contributed by atoms with Crippen molar-refractivity contribution in [1.82, 2.24) is 25.5 Å². The third-order valence-electron chi connectivity index (χ3n) is 4.27. The number of aromatic nitrogens is 4. The summed E-state index contributed by atoms with van der Waals surface area (Å²) >= 11 is 1.28. The number of hydrogen-bond donors (Lipinski definition) is 1. The summed E-state index contributed by atoms with van der Waals surface area (Å²) in [5.41, 5.74) is 1.86. The quantitative estimate of drug-likeness (QED) is 0.490. The summed E-state index contributed by atoms with van der Waals surface area (Å²) in [4.78, 5) is 12.4. The molecule has 0 unspecified atom stereocenters. The predicted molar refractivity (Wildman–Crippen MR) is 112 cm³/mol. The molecule has 10 heteroatoms. The zero-order chi connectivity index (χ0) is 21.3. The molecule has 3 aromatic rings. The van der Waals surface area contributed by atoms with Crippen LogP contribution in [-0.4, -0.2) is 53.2 Å². The van der Waals surface area contributed by atoms with Crippen LogP contribution in [0.3, 0.4) is 0 Å². The number of thioether (sulfide) groups is 1. The SMILES string of the molecule is COc1cc(OC)c(OC)cc1CNC(=O)CSc1nnnn1Cc1ccccc1. The Kier molecular flexibility index (Phi) is 7.50. The average Bonchev–Trinajstić information content (AvgIpc) is 3.23. The Hall–Kier alpha value is -3.27. The Labute approximate surface area is 178 Å². The zero-order valence-corrected chi connectivity index (χ0v) is 17.8. The summed E-state index contributed by atoms with van der Waals surface area (Å²) < 4.78 is 17.7. The zero-order valence-electron chi connectivity index (χ0n) is 17.0. The molecule has 2 aromatic carbocycles. The van der Waals surface area contributed by atoms with Crippen LogP contribution in [-0.2, 0) is 17.9 Å². The van der Waals surface area contributed by atoms with E-state index in [4.69, 9.17) is 14.2 Å². The van der Waals surface area contributed by atoms with E-state index in [1.807, 2.05) is 30.3 Å². The lowest BCUT2D eigenvalue weighted by atomic mass is 10.1. The van der Waals surface area contributed by atoms with Gasteiger partial charge in [0.15, 0.2) is 11.5 Å². The molecule has 0 aliphatic rings. The van der Waals surface area contributed by atoms with Crippen molar-refractivity contribution in [2.75, 3.05) is 27.1 Å². The van der Waals surface area contributed by atoms with E-state index in [9.17, 15) is 4.79 Å². The van der Waals surface area contributed by atoms with Gasteiger partial charge >= 0.3 is 0 Å². The molecule has 158 valence electrons. The average molecular weight is 430 g/mol. The lowest BCUT2D eigenvalue weighted by molar-refractivity contribution is -0.118. The summed E-state index contributed by atoms with van der Waals surface area (Å²) in [6.07, 6.45) is 0. The van der Waals surface area contributed by atoms with Gasteiger partial charge in [-0.25, -0.2) is 4.68 Å². The third-order valence-corrected chi connectivity index (χ3v) is 5.23. The first-order chi connectivity index (χ1) is 14.6. The van der Waals surface area contributed by atoms with Crippen molar-refractivity contribution in [3.63, 3.8) is 0 Å². The van der Waals surface area contributed by atoms with Gasteiger partial charge in [0.1, 0.15) is 5.75 Å². The number of tetrazole rings is 1. The van der Waals surface area contributed by atoms with Gasteiger partial charge in [-0.3, -0.25) is 4.79 Å². The largest absolute Gasteiger partial charge is 0.496 e. The molecule has 1 heterocycles. The van der Waals surface area contributed by atoms with Crippen molar-refractivity contribution in [3.05, 3.63) is 53.6 Å². The summed E-state index contributed by atoms with van der Waals surface area (Å²) in [5.74, 6) is 1.77. The molecule has 9 nitrogen and oxygen atoms in total. The normalized spacial score (nSPS) is 10.5. The van der Waals surface area contributed by atoms with Crippen molar-refractivity contribution in [3.8, 4) is 17.2 Å². The third kappa shape index (κ3) is 5.41. The molecule has 0 saturated carbocycles. The summed E-state index contributed by atoms with van der Waals surface area (Å²) in [5, 5.41) is 15.2. The predicted octanol–water partition coefficient (Wildman–Crippen LogP) is 2.16. The van der Waals surface area contributed by atoms with Crippen LogP contribution in [0.5, 0.6) is 17.2 Å². The van der Waals surface area contributed by atoms with E-state index < -0.39 is 0 Å². The first kappa shape index (κ1) is 21.4. The second kappa shape index (κ2) is 10.5. The van der Waals surface area contributed by atoms with E-state index in [0.29, 0.717) is 28.9 Å². The van der Waals surface area contributed by atoms with E-state index in [0.717, 1.165) is 11.1 Å². The fraction of sp³-hybridized carbons (Fsp3) is 0.300. The molecule has 0 aliphatic carbocycles. The molecule has 0 fully saturated rings. The van der Waals surface area contributed by atoms with Gasteiger partial charge in [0.25, 0.3) is 0 Å². The molecule has 0 aliphatic heterocycles. The van der Waals surface area contributed by atoms with Crippen molar-refractivity contribution >= 4 is 17.7 Å². The van der Waals surface area contributed by atoms with Gasteiger partial charge in [-0.2, -0.15) is 0 Å². The van der Waals surface area contributed by atoms with Crippen LogP contribution < -0.4 is 19.5 Å². The molecule has 0 atom stereocenters. The second-order valence-corrected chi connectivity index (χ2v) is 7.13. The lowest BCUT2D eigenvalue weighted by Gasteiger charge is -2.14. The van der Waals surface area contributed by atoms with E-state index in [1.165, 1.54) is 11.8 Å². The topological polar surface area (TPSA) is 100 Å². The van der Waals surface area contributed by atoms with Crippen molar-refractivity contribution in [2.45, 2.75) is 18.2 Å². The Morgan fingerprint density at radius 3 is 2.43 bits per heavy atom. The fourth-order valence-electron chi connectivity index (χ4n) is 2.76. The molecule has 1 N–H and O–H groups in total. The highest BCUT2D eigenvalue weighted by molar-refractivity contribution is 7.99. The van der Waals surface area contributed by atoms with Gasteiger partial charge < -0.3 is 19.5 Å². The molecule has 30 heavy (non-hydrogen) atoms. The number of benzene rings is 2. The Morgan fingerprint density at radius 2 is 1.73 bits per heavy atom. The highest BCUT2D eigenvalue weighted by atomic mass is 32.2. The van der Waals surface area contributed by atoms with Gasteiger partial charge in [0.05, 0.1) is 33.6 Å². The van der Waals surface area contributed by atoms with Crippen LogP contribution in [0.25, 0.3) is 0 Å². The van der Waals surface area contributed by atoms with Crippen LogP contribution in [0.15, 0.2) is 47.6 Å². The van der Waals surface area contributed by atoms with Crippen LogP contribution in [0.2, 0.25) is 0 Å². The number of nitrogens with zero attached hydrogens (tertiary/aromatic N) is 4. The minimum absolute atomic E-state index is 0.147. The highest BCUT2D eigenvalue weighted by Gasteiger charge is 2.14. The molecular formula is C20H23N5O4S. The van der Waals surface area contributed by atoms with Gasteiger partial charge in [-0.15, -0.1) is 5.10 Å². The molecule has 0 saturated heterocycles. The maximum atomic E-state index is 12.4. The van der Waals surface area contributed by atoms with Crippen LogP contribution >= 0.6 is 11.8 Å². The van der Waals surface area contributed by atoms with Crippen LogP contribution in [0, 0.1) is 0 Å². The number of amides is 1. The second-order valence-electron chi connectivity index (χ2n) is 6.19. The number of hydrogen-bond acceptors (Lipinski definition) is 8. The molecule has 0 radical (unpaired) electrons. The smallest absolute Gasteiger partial charge is 0.230 e. The fourth-order valence-corrected chi connectivity index (χ4v) is 3.47. The highest BCUT2D eigenvalue weighted by Crippen LogP contribution is 2.34. The maximum absolute atomic E-state index is 12.4. The maximum Gasteiger partial charge on any atom is 0.230 e. The van der Waals surface area contributed by atoms with Gasteiger partial charge in [-0.1, -0.05) is 42.1 Å². The monoisotopic (exact) mass is 429 g/mol. The number of rotatable bonds is 10. The minimum atomic E-state index is -0.147. The molecule has 3 rings (SSSR count). The molecule has 0 spiro atoms. The Balaban J connectivity index is 1.57. The van der Waals surface area contributed by atoms with Crippen molar-refractivity contribution in [1.29, 1.82) is 0 Å². The Morgan fingerprint density at radius 1 is 1.03 bits per heavy atom. The Bertz CT molecular complexity index is 981. The van der Waals surface area contributed by atoms with Crippen LogP contribution in [0.1, 0.15) is 11.1 Å². The number of ether oxygens (including phenoxy) is 3. The van der Waals surface area contributed by atoms with Crippen molar-refractivity contribution in [2.24, 2.45) is 0 Å². The van der Waals surface area contributed by atoms with Crippen molar-refractivity contribution < 1.29 is 19.0 Å². The first-order valence-electron chi connectivity index (χ1n) is 9.13. The number of nitrogens with one attached hydrogen (secondary N) is 1. The number of carbonyl (C=O) groups excluding carboxylic acids is 1. The summed E-state index contributed by atoms with van der Waals surface area (Å²) in [7, 11) is 4.68. The van der Waals surface area contributed by atoms with E-state index in [2.05, 4.69) is 20.8 Å². The number of carbonyl (C=O) groups is 1. The summed E-state index contributed by atoms with van der Waals surface area (Å²) in [6.45, 7) is 0.832. The summed E-state index contributed by atoms with van der Waals surface area (Å²) in [6, 6.07) is 13.4.